The molecule has 0 aromatic rings. The highest BCUT2D eigenvalue weighted by Crippen LogP contribution is 2.28. The molecule has 2 saturated heterocycles. The zero-order chi connectivity index (χ0) is 14.0. The van der Waals surface area contributed by atoms with Crippen LogP contribution >= 0.6 is 0 Å². The van der Waals surface area contributed by atoms with E-state index < -0.39 is 12.7 Å². The number of methoxy groups -OCH3 is 1. The van der Waals surface area contributed by atoms with Crippen LogP contribution in [0, 0.1) is 0 Å². The molecule has 0 aromatic heterocycles. The Kier molecular flexibility index (Phi) is 4.35. The van der Waals surface area contributed by atoms with Crippen molar-refractivity contribution < 1.29 is 22.7 Å². The van der Waals surface area contributed by atoms with Gasteiger partial charge in [0.05, 0.1) is 13.7 Å². The molecule has 1 unspecified atom stereocenters. The predicted octanol–water partition coefficient (Wildman–Crippen LogP) is 1.26. The highest BCUT2D eigenvalue weighted by Gasteiger charge is 2.41. The molecule has 4 nitrogen and oxygen atoms in total. The Balaban J connectivity index is 1.79. The summed E-state index contributed by atoms with van der Waals surface area (Å²) in [4.78, 5) is 15.0. The minimum Gasteiger partial charge on any atom is -0.468 e. The Labute approximate surface area is 110 Å². The van der Waals surface area contributed by atoms with Gasteiger partial charge in [0, 0.05) is 12.6 Å². The number of carbonyl (C=O) groups excluding carboxylic acids is 1. The molecule has 19 heavy (non-hydrogen) atoms. The van der Waals surface area contributed by atoms with Gasteiger partial charge in [-0.25, -0.2) is 0 Å². The molecule has 0 aromatic carbocycles. The Bertz CT molecular complexity index is 327. The molecule has 0 N–H and O–H groups in total. The zero-order valence-corrected chi connectivity index (χ0v) is 10.9. The van der Waals surface area contributed by atoms with Gasteiger partial charge in [-0.3, -0.25) is 14.6 Å². The van der Waals surface area contributed by atoms with Crippen molar-refractivity contribution in [3.05, 3.63) is 0 Å². The van der Waals surface area contributed by atoms with Crippen LogP contribution in [-0.2, 0) is 9.53 Å². The van der Waals surface area contributed by atoms with Crippen LogP contribution in [0.5, 0.6) is 0 Å². The number of hydrogen-bond donors (Lipinski definition) is 0. The molecule has 0 amide bonds. The minimum atomic E-state index is -4.13. The van der Waals surface area contributed by atoms with Crippen LogP contribution in [0.25, 0.3) is 0 Å². The van der Waals surface area contributed by atoms with E-state index in [1.165, 1.54) is 12.0 Å². The van der Waals surface area contributed by atoms with E-state index in [0.29, 0.717) is 25.9 Å². The summed E-state index contributed by atoms with van der Waals surface area (Å²) in [5, 5.41) is 0. The monoisotopic (exact) mass is 280 g/mol. The van der Waals surface area contributed by atoms with Gasteiger partial charge in [-0.2, -0.15) is 13.2 Å². The number of nitrogens with zero attached hydrogens (tertiary/aromatic N) is 2. The first-order valence-electron chi connectivity index (χ1n) is 6.53. The third-order valence-corrected chi connectivity index (χ3v) is 3.96. The number of alkyl halides is 3. The van der Waals surface area contributed by atoms with E-state index >= 15 is 0 Å². The van der Waals surface area contributed by atoms with E-state index in [1.54, 1.807) is 0 Å². The fraction of sp³-hybridized carbons (Fsp3) is 0.917. The van der Waals surface area contributed by atoms with E-state index in [9.17, 15) is 18.0 Å². The van der Waals surface area contributed by atoms with Crippen LogP contribution in [0.4, 0.5) is 13.2 Å². The minimum absolute atomic E-state index is 0.191. The van der Waals surface area contributed by atoms with Crippen LogP contribution in [0.15, 0.2) is 0 Å². The summed E-state index contributed by atoms with van der Waals surface area (Å²) in [7, 11) is 1.37. The molecule has 0 aliphatic carbocycles. The molecule has 2 aliphatic heterocycles. The number of hydrogen-bond acceptors (Lipinski definition) is 4. The van der Waals surface area contributed by atoms with Crippen molar-refractivity contribution in [2.75, 3.05) is 33.3 Å². The fourth-order valence-corrected chi connectivity index (χ4v) is 2.90. The Morgan fingerprint density at radius 3 is 2.26 bits per heavy atom. The topological polar surface area (TPSA) is 32.8 Å². The number of carbonyl (C=O) groups is 1. The van der Waals surface area contributed by atoms with Gasteiger partial charge in [-0.15, -0.1) is 0 Å². The molecule has 0 bridgehead atoms. The fourth-order valence-electron chi connectivity index (χ4n) is 2.90. The second-order valence-electron chi connectivity index (χ2n) is 5.19. The average molecular weight is 280 g/mol. The second-order valence-corrected chi connectivity index (χ2v) is 5.19. The van der Waals surface area contributed by atoms with Gasteiger partial charge in [-0.05, 0) is 32.4 Å². The van der Waals surface area contributed by atoms with Gasteiger partial charge in [0.15, 0.2) is 0 Å². The van der Waals surface area contributed by atoms with Crippen molar-refractivity contribution in [3.63, 3.8) is 0 Å². The van der Waals surface area contributed by atoms with Crippen LogP contribution in [0.2, 0.25) is 0 Å². The first-order valence-corrected chi connectivity index (χ1v) is 6.53. The van der Waals surface area contributed by atoms with Crippen molar-refractivity contribution >= 4 is 5.97 Å². The molecule has 110 valence electrons. The lowest BCUT2D eigenvalue weighted by molar-refractivity contribution is -0.157. The molecule has 0 saturated carbocycles. The number of piperidine rings is 1. The number of halogens is 3. The maximum atomic E-state index is 12.3. The molecule has 2 aliphatic rings. The lowest BCUT2D eigenvalue weighted by atomic mass is 9.94. The van der Waals surface area contributed by atoms with Crippen molar-refractivity contribution in [1.82, 2.24) is 9.80 Å². The maximum absolute atomic E-state index is 12.3. The summed E-state index contributed by atoms with van der Waals surface area (Å²) >= 11 is 0. The molecular formula is C12H19F3N2O2. The van der Waals surface area contributed by atoms with Crippen LogP contribution in [0.1, 0.15) is 19.3 Å². The van der Waals surface area contributed by atoms with Crippen LogP contribution in [0.3, 0.4) is 0 Å². The van der Waals surface area contributed by atoms with Gasteiger partial charge < -0.3 is 4.74 Å². The third kappa shape index (κ3) is 3.60. The van der Waals surface area contributed by atoms with Crippen molar-refractivity contribution in [2.45, 2.75) is 37.5 Å². The predicted molar refractivity (Wildman–Crippen MR) is 62.6 cm³/mol. The first kappa shape index (κ1) is 14.6. The molecule has 2 fully saturated rings. The van der Waals surface area contributed by atoms with E-state index in [0.717, 1.165) is 13.0 Å². The van der Waals surface area contributed by atoms with E-state index in [1.807, 2.05) is 0 Å². The van der Waals surface area contributed by atoms with Crippen molar-refractivity contribution in [1.29, 1.82) is 0 Å². The maximum Gasteiger partial charge on any atom is 0.401 e. The summed E-state index contributed by atoms with van der Waals surface area (Å²) < 4.78 is 41.5. The molecule has 2 rings (SSSR count). The molecule has 2 heterocycles. The molecule has 0 spiro atoms. The first-order chi connectivity index (χ1) is 8.90. The van der Waals surface area contributed by atoms with Gasteiger partial charge in [0.25, 0.3) is 0 Å². The SMILES string of the molecule is COC(=O)C1CCN1C1CCN(CC(F)(F)F)CC1. The number of rotatable bonds is 3. The Morgan fingerprint density at radius 1 is 1.21 bits per heavy atom. The lowest BCUT2D eigenvalue weighted by Crippen LogP contribution is -2.59. The van der Waals surface area contributed by atoms with Crippen molar-refractivity contribution in [2.24, 2.45) is 0 Å². The van der Waals surface area contributed by atoms with Gasteiger partial charge in [0.1, 0.15) is 6.04 Å². The number of ether oxygens (including phenoxy) is 1. The summed E-state index contributed by atoms with van der Waals surface area (Å²) in [6.07, 6.45) is -1.97. The average Bonchev–Trinajstić information content (AvgIpc) is 2.28. The van der Waals surface area contributed by atoms with Crippen LogP contribution < -0.4 is 0 Å². The summed E-state index contributed by atoms with van der Waals surface area (Å²) in [6.45, 7) is 0.882. The Hall–Kier alpha value is -0.820. The molecule has 0 radical (unpaired) electrons. The molecular weight excluding hydrogens is 261 g/mol. The third-order valence-electron chi connectivity index (χ3n) is 3.96. The lowest BCUT2D eigenvalue weighted by Gasteiger charge is -2.47. The molecule has 7 heteroatoms. The normalized spacial score (nSPS) is 27.1. The summed E-state index contributed by atoms with van der Waals surface area (Å²) in [5.41, 5.74) is 0. The standard InChI is InChI=1S/C12H19F3N2O2/c1-19-11(18)10-4-7-17(10)9-2-5-16(6-3-9)8-12(13,14)15/h9-10H,2-8H2,1H3. The van der Waals surface area contributed by atoms with Crippen LogP contribution in [-0.4, -0.2) is 67.3 Å². The number of esters is 1. The smallest absolute Gasteiger partial charge is 0.401 e. The highest BCUT2D eigenvalue weighted by molar-refractivity contribution is 5.76. The summed E-state index contributed by atoms with van der Waals surface area (Å²) in [6, 6.07) is 0.0199. The largest absolute Gasteiger partial charge is 0.468 e. The van der Waals surface area contributed by atoms with Crippen molar-refractivity contribution in [3.8, 4) is 0 Å². The van der Waals surface area contributed by atoms with E-state index in [2.05, 4.69) is 4.90 Å². The van der Waals surface area contributed by atoms with E-state index in [4.69, 9.17) is 4.74 Å². The second kappa shape index (κ2) is 5.66. The highest BCUT2D eigenvalue weighted by atomic mass is 19.4. The van der Waals surface area contributed by atoms with Gasteiger partial charge >= 0.3 is 12.1 Å². The van der Waals surface area contributed by atoms with Gasteiger partial charge in [-0.1, -0.05) is 0 Å². The zero-order valence-electron chi connectivity index (χ0n) is 10.9. The number of likely N-dealkylation sites (tertiary alicyclic amines) is 2. The van der Waals surface area contributed by atoms with E-state index in [-0.39, 0.29) is 18.1 Å². The molecule has 1 atom stereocenters. The quantitative estimate of drug-likeness (QED) is 0.729. The van der Waals surface area contributed by atoms with Gasteiger partial charge in [0.2, 0.25) is 0 Å². The summed E-state index contributed by atoms with van der Waals surface area (Å²) in [5.74, 6) is -0.232. The Morgan fingerprint density at radius 2 is 1.84 bits per heavy atom.